The summed E-state index contributed by atoms with van der Waals surface area (Å²) in [5.41, 5.74) is -0.799. The minimum Gasteiger partial charge on any atom is -0.258 e. The quantitative estimate of drug-likeness (QED) is 0.478. The van der Waals surface area contributed by atoms with Crippen LogP contribution in [0, 0.1) is 10.1 Å². The third-order valence-electron chi connectivity index (χ3n) is 1.64. The van der Waals surface area contributed by atoms with Crippen molar-refractivity contribution >= 4 is 37.5 Å². The number of nitrogens with zero attached hydrogens (tertiary/aromatic N) is 2. The second kappa shape index (κ2) is 4.93. The zero-order chi connectivity index (χ0) is 11.6. The molecule has 0 unspecified atom stereocenters. The molecule has 0 spiro atoms. The molecule has 0 bridgehead atoms. The highest BCUT2D eigenvalue weighted by molar-refractivity contribution is 9.10. The molecule has 1 aromatic rings. The largest absolute Gasteiger partial charge is 0.306 e. The molecule has 0 aliphatic carbocycles. The Kier molecular flexibility index (Phi) is 4.09. The van der Waals surface area contributed by atoms with Gasteiger partial charge in [-0.25, -0.2) is 8.78 Å². The topological polar surface area (TPSA) is 56.0 Å². The smallest absolute Gasteiger partial charge is 0.258 e. The second-order valence-electron chi connectivity index (χ2n) is 2.51. The van der Waals surface area contributed by atoms with E-state index in [9.17, 15) is 18.9 Å². The molecule has 8 heteroatoms. The molecule has 15 heavy (non-hydrogen) atoms. The van der Waals surface area contributed by atoms with Crippen LogP contribution in [-0.4, -0.2) is 9.91 Å². The molecular formula is C7H4Br2F2N2O2. The van der Waals surface area contributed by atoms with Gasteiger partial charge in [-0.05, 0) is 15.9 Å². The van der Waals surface area contributed by atoms with Crippen LogP contribution >= 0.6 is 31.9 Å². The minimum atomic E-state index is -2.80. The highest BCUT2D eigenvalue weighted by Crippen LogP contribution is 2.36. The van der Waals surface area contributed by atoms with Crippen LogP contribution in [0.4, 0.5) is 14.5 Å². The van der Waals surface area contributed by atoms with Crippen molar-refractivity contribution in [3.8, 4) is 0 Å². The molecule has 0 N–H and O–H groups in total. The van der Waals surface area contributed by atoms with Gasteiger partial charge in [0.2, 0.25) is 0 Å². The number of aromatic nitrogens is 1. The van der Waals surface area contributed by atoms with Gasteiger partial charge in [-0.3, -0.25) is 15.1 Å². The molecule has 1 heterocycles. The summed E-state index contributed by atoms with van der Waals surface area (Å²) >= 11 is 5.79. The van der Waals surface area contributed by atoms with Crippen LogP contribution in [0.25, 0.3) is 0 Å². The maximum absolute atomic E-state index is 12.4. The van der Waals surface area contributed by atoms with Gasteiger partial charge < -0.3 is 0 Å². The first-order valence-electron chi connectivity index (χ1n) is 3.64. The lowest BCUT2D eigenvalue weighted by atomic mass is 10.2. The van der Waals surface area contributed by atoms with Crippen LogP contribution in [0.5, 0.6) is 0 Å². The summed E-state index contributed by atoms with van der Waals surface area (Å²) in [6, 6.07) is 0. The predicted molar refractivity (Wildman–Crippen MR) is 56.2 cm³/mol. The number of pyridine rings is 1. The number of hydrogen-bond acceptors (Lipinski definition) is 3. The standard InChI is InChI=1S/C7H4Br2F2N2O2/c8-1-4-6(13(14)15)5(9)3(2-12-4)7(10)11/h2,7H,1H2. The van der Waals surface area contributed by atoms with E-state index in [-0.39, 0.29) is 15.5 Å². The van der Waals surface area contributed by atoms with Crippen LogP contribution in [0.3, 0.4) is 0 Å². The fraction of sp³-hybridized carbons (Fsp3) is 0.286. The van der Waals surface area contributed by atoms with E-state index in [1.54, 1.807) is 0 Å². The van der Waals surface area contributed by atoms with Crippen LogP contribution in [0.1, 0.15) is 17.7 Å². The highest BCUT2D eigenvalue weighted by Gasteiger charge is 2.25. The molecule has 4 nitrogen and oxygen atoms in total. The van der Waals surface area contributed by atoms with E-state index < -0.39 is 22.6 Å². The molecule has 0 radical (unpaired) electrons. The Hall–Kier alpha value is -0.630. The first kappa shape index (κ1) is 12.4. The van der Waals surface area contributed by atoms with Crippen molar-refractivity contribution in [2.45, 2.75) is 11.8 Å². The van der Waals surface area contributed by atoms with Crippen LogP contribution < -0.4 is 0 Å². The van der Waals surface area contributed by atoms with Gasteiger partial charge in [0.05, 0.1) is 15.8 Å². The van der Waals surface area contributed by atoms with Gasteiger partial charge >= 0.3 is 5.69 Å². The lowest BCUT2D eigenvalue weighted by Gasteiger charge is -2.05. The average molecular weight is 346 g/mol. The van der Waals surface area contributed by atoms with E-state index in [2.05, 4.69) is 36.8 Å². The van der Waals surface area contributed by atoms with E-state index >= 15 is 0 Å². The number of nitro groups is 1. The van der Waals surface area contributed by atoms with Crippen molar-refractivity contribution in [2.24, 2.45) is 0 Å². The Bertz CT molecular complexity index is 401. The van der Waals surface area contributed by atoms with Crippen LogP contribution in [0.2, 0.25) is 0 Å². The van der Waals surface area contributed by atoms with Crippen molar-refractivity contribution in [2.75, 3.05) is 0 Å². The van der Waals surface area contributed by atoms with Crippen molar-refractivity contribution in [1.29, 1.82) is 0 Å². The molecule has 0 saturated heterocycles. The first-order chi connectivity index (χ1) is 6.99. The van der Waals surface area contributed by atoms with Crippen molar-refractivity contribution in [1.82, 2.24) is 4.98 Å². The maximum atomic E-state index is 12.4. The molecule has 1 aromatic heterocycles. The third kappa shape index (κ3) is 2.49. The summed E-state index contributed by atoms with van der Waals surface area (Å²) in [6.07, 6.45) is -1.87. The van der Waals surface area contributed by atoms with Gasteiger partial charge in [-0.15, -0.1) is 0 Å². The monoisotopic (exact) mass is 344 g/mol. The summed E-state index contributed by atoms with van der Waals surface area (Å²) in [7, 11) is 0. The third-order valence-corrected chi connectivity index (χ3v) is 3.00. The lowest BCUT2D eigenvalue weighted by Crippen LogP contribution is -2.01. The molecule has 0 aliphatic rings. The molecule has 0 amide bonds. The zero-order valence-corrected chi connectivity index (χ0v) is 10.3. The van der Waals surface area contributed by atoms with Crippen molar-refractivity contribution in [3.63, 3.8) is 0 Å². The minimum absolute atomic E-state index is 0.108. The molecule has 0 saturated carbocycles. The van der Waals surface area contributed by atoms with Gasteiger partial charge in [0.25, 0.3) is 6.43 Å². The van der Waals surface area contributed by atoms with E-state index in [1.165, 1.54) is 0 Å². The first-order valence-corrected chi connectivity index (χ1v) is 5.56. The summed E-state index contributed by atoms with van der Waals surface area (Å²) in [5.74, 6) is 0. The van der Waals surface area contributed by atoms with Crippen LogP contribution in [-0.2, 0) is 5.33 Å². The van der Waals surface area contributed by atoms with Gasteiger partial charge in [0.1, 0.15) is 10.2 Å². The second-order valence-corrected chi connectivity index (χ2v) is 3.87. The van der Waals surface area contributed by atoms with Crippen LogP contribution in [0.15, 0.2) is 10.7 Å². The summed E-state index contributed by atoms with van der Waals surface area (Å²) in [6.45, 7) is 0. The Balaban J connectivity index is 3.42. The maximum Gasteiger partial charge on any atom is 0.306 e. The predicted octanol–water partition coefficient (Wildman–Crippen LogP) is 3.58. The van der Waals surface area contributed by atoms with Gasteiger partial charge in [0.15, 0.2) is 0 Å². The van der Waals surface area contributed by atoms with Gasteiger partial charge in [-0.1, -0.05) is 15.9 Å². The molecule has 0 atom stereocenters. The van der Waals surface area contributed by atoms with Crippen molar-refractivity contribution in [3.05, 3.63) is 32.0 Å². The number of halogens is 4. The summed E-state index contributed by atoms with van der Waals surface area (Å²) < 4.78 is 24.6. The Labute approximate surface area is 100 Å². The fourth-order valence-corrected chi connectivity index (χ4v) is 2.02. The van der Waals surface area contributed by atoms with E-state index in [1.807, 2.05) is 0 Å². The number of alkyl halides is 3. The zero-order valence-electron chi connectivity index (χ0n) is 7.08. The number of hydrogen-bond donors (Lipinski definition) is 0. The van der Waals surface area contributed by atoms with E-state index in [4.69, 9.17) is 0 Å². The molecule has 0 aliphatic heterocycles. The van der Waals surface area contributed by atoms with E-state index in [0.29, 0.717) is 0 Å². The molecule has 0 fully saturated rings. The normalized spacial score (nSPS) is 10.7. The van der Waals surface area contributed by atoms with Gasteiger partial charge in [0, 0.05) is 6.20 Å². The van der Waals surface area contributed by atoms with Crippen molar-refractivity contribution < 1.29 is 13.7 Å². The van der Waals surface area contributed by atoms with Gasteiger partial charge in [-0.2, -0.15) is 0 Å². The molecule has 82 valence electrons. The lowest BCUT2D eigenvalue weighted by molar-refractivity contribution is -0.386. The highest BCUT2D eigenvalue weighted by atomic mass is 79.9. The Morgan fingerprint density at radius 2 is 2.20 bits per heavy atom. The molecular weight excluding hydrogens is 342 g/mol. The summed E-state index contributed by atoms with van der Waals surface area (Å²) in [4.78, 5) is 13.5. The Morgan fingerprint density at radius 1 is 1.60 bits per heavy atom. The Morgan fingerprint density at radius 3 is 2.60 bits per heavy atom. The molecule has 0 aromatic carbocycles. The fourth-order valence-electron chi connectivity index (χ4n) is 0.964. The number of rotatable bonds is 3. The molecule has 1 rings (SSSR count). The SMILES string of the molecule is O=[N+]([O-])c1c(CBr)ncc(C(F)F)c1Br. The average Bonchev–Trinajstić information content (AvgIpc) is 2.15. The van der Waals surface area contributed by atoms with E-state index in [0.717, 1.165) is 6.20 Å². The summed E-state index contributed by atoms with van der Waals surface area (Å²) in [5, 5.41) is 10.8.